The van der Waals surface area contributed by atoms with E-state index in [-0.39, 0.29) is 12.7 Å². The summed E-state index contributed by atoms with van der Waals surface area (Å²) in [6.07, 6.45) is 24.9. The molecule has 0 aromatic rings. The average molecular weight is 525 g/mol. The molecule has 0 aliphatic rings. The lowest BCUT2D eigenvalue weighted by Crippen LogP contribution is -2.24. The van der Waals surface area contributed by atoms with Crippen LogP contribution in [0.1, 0.15) is 143 Å². The van der Waals surface area contributed by atoms with Crippen molar-refractivity contribution in [3.8, 4) is 0 Å². The zero-order valence-electron chi connectivity index (χ0n) is 22.7. The SMILES string of the molecule is CCCCCCCCCCCCCCSC(CCCCCCC)C(C)OCCCOP(=O)(O)O. The maximum absolute atomic E-state index is 10.8. The van der Waals surface area contributed by atoms with Crippen LogP contribution in [0.2, 0.25) is 0 Å². The summed E-state index contributed by atoms with van der Waals surface area (Å²) in [5.74, 6) is 1.20. The lowest BCUT2D eigenvalue weighted by Gasteiger charge is -2.24. The van der Waals surface area contributed by atoms with Crippen molar-refractivity contribution in [3.63, 3.8) is 0 Å². The van der Waals surface area contributed by atoms with Gasteiger partial charge in [0, 0.05) is 11.9 Å². The topological polar surface area (TPSA) is 76.0 Å². The molecule has 0 fully saturated rings. The molecule has 0 amide bonds. The third kappa shape index (κ3) is 25.5. The maximum atomic E-state index is 10.8. The van der Waals surface area contributed by atoms with Crippen LogP contribution in [0.5, 0.6) is 0 Å². The smallest absolute Gasteiger partial charge is 0.377 e. The first-order chi connectivity index (χ1) is 16.4. The molecule has 0 aromatic carbocycles. The number of thioether (sulfide) groups is 1. The van der Waals surface area contributed by atoms with E-state index < -0.39 is 7.82 Å². The van der Waals surface area contributed by atoms with Gasteiger partial charge in [0.2, 0.25) is 0 Å². The number of phosphoric acid groups is 1. The molecule has 5 nitrogen and oxygen atoms in total. The Labute approximate surface area is 216 Å². The minimum atomic E-state index is -4.37. The first-order valence-corrected chi connectivity index (χ1v) is 16.9. The Balaban J connectivity index is 3.94. The second kappa shape index (κ2) is 25.1. The van der Waals surface area contributed by atoms with Crippen molar-refractivity contribution in [2.75, 3.05) is 19.0 Å². The first kappa shape index (κ1) is 34.4. The van der Waals surface area contributed by atoms with Crippen LogP contribution in [0.25, 0.3) is 0 Å². The predicted octanol–water partition coefficient (Wildman–Crippen LogP) is 9.05. The molecular formula is C27H57O5PS. The van der Waals surface area contributed by atoms with Crippen molar-refractivity contribution in [2.45, 2.75) is 154 Å². The van der Waals surface area contributed by atoms with Crippen LogP contribution in [-0.2, 0) is 13.8 Å². The molecule has 2 atom stereocenters. The van der Waals surface area contributed by atoms with Gasteiger partial charge in [-0.15, -0.1) is 0 Å². The Kier molecular flexibility index (Phi) is 25.4. The number of rotatable bonds is 27. The number of ether oxygens (including phenoxy) is 1. The van der Waals surface area contributed by atoms with Gasteiger partial charge < -0.3 is 14.5 Å². The molecule has 0 bridgehead atoms. The highest BCUT2D eigenvalue weighted by Gasteiger charge is 2.18. The highest BCUT2D eigenvalue weighted by atomic mass is 32.2. The van der Waals surface area contributed by atoms with Crippen LogP contribution < -0.4 is 0 Å². The van der Waals surface area contributed by atoms with Crippen LogP contribution in [0.3, 0.4) is 0 Å². The number of unbranched alkanes of at least 4 members (excludes halogenated alkanes) is 15. The van der Waals surface area contributed by atoms with E-state index in [1.165, 1.54) is 121 Å². The molecule has 0 spiro atoms. The number of hydrogen-bond donors (Lipinski definition) is 2. The van der Waals surface area contributed by atoms with E-state index in [1.54, 1.807) is 0 Å². The van der Waals surface area contributed by atoms with Crippen molar-refractivity contribution >= 4 is 19.6 Å². The van der Waals surface area contributed by atoms with E-state index in [4.69, 9.17) is 14.5 Å². The predicted molar refractivity (Wildman–Crippen MR) is 149 cm³/mol. The largest absolute Gasteiger partial charge is 0.469 e. The van der Waals surface area contributed by atoms with E-state index in [9.17, 15) is 4.57 Å². The molecule has 206 valence electrons. The first-order valence-electron chi connectivity index (χ1n) is 14.3. The highest BCUT2D eigenvalue weighted by molar-refractivity contribution is 7.99. The molecule has 2 unspecified atom stereocenters. The van der Waals surface area contributed by atoms with Crippen LogP contribution in [0.15, 0.2) is 0 Å². The summed E-state index contributed by atoms with van der Waals surface area (Å²) in [5, 5.41) is 0.497. The third-order valence-electron chi connectivity index (χ3n) is 6.37. The lowest BCUT2D eigenvalue weighted by atomic mass is 10.1. The second-order valence-electron chi connectivity index (χ2n) is 9.75. The van der Waals surface area contributed by atoms with Gasteiger partial charge in [-0.2, -0.15) is 11.8 Å². The molecule has 0 heterocycles. The quantitative estimate of drug-likeness (QED) is 0.0824. The molecule has 0 saturated heterocycles. The molecule has 0 rings (SSSR count). The summed E-state index contributed by atoms with van der Waals surface area (Å²) in [6, 6.07) is 0. The number of phosphoric ester groups is 1. The van der Waals surface area contributed by atoms with Crippen molar-refractivity contribution in [3.05, 3.63) is 0 Å². The zero-order valence-corrected chi connectivity index (χ0v) is 24.4. The van der Waals surface area contributed by atoms with Gasteiger partial charge in [-0.1, -0.05) is 117 Å². The molecule has 0 aromatic heterocycles. The Morgan fingerprint density at radius 2 is 1.15 bits per heavy atom. The molecule has 2 N–H and O–H groups in total. The number of hydrogen-bond acceptors (Lipinski definition) is 4. The normalized spacial score (nSPS) is 13.9. The molecule has 34 heavy (non-hydrogen) atoms. The fraction of sp³-hybridized carbons (Fsp3) is 1.00. The minimum absolute atomic E-state index is 0.0324. The van der Waals surface area contributed by atoms with E-state index in [0.29, 0.717) is 18.3 Å². The van der Waals surface area contributed by atoms with Crippen LogP contribution >= 0.6 is 19.6 Å². The van der Waals surface area contributed by atoms with Gasteiger partial charge >= 0.3 is 7.82 Å². The summed E-state index contributed by atoms with van der Waals surface area (Å²) in [5.41, 5.74) is 0. The summed E-state index contributed by atoms with van der Waals surface area (Å²) < 4.78 is 21.3. The van der Waals surface area contributed by atoms with Crippen molar-refractivity contribution in [2.24, 2.45) is 0 Å². The molecule has 0 aliphatic carbocycles. The van der Waals surface area contributed by atoms with Gasteiger partial charge in [-0.05, 0) is 31.9 Å². The van der Waals surface area contributed by atoms with Crippen LogP contribution in [0.4, 0.5) is 0 Å². The average Bonchev–Trinajstić information content (AvgIpc) is 2.79. The molecular weight excluding hydrogens is 467 g/mol. The van der Waals surface area contributed by atoms with Gasteiger partial charge in [-0.3, -0.25) is 4.52 Å². The molecule has 0 radical (unpaired) electrons. The molecule has 7 heteroatoms. The maximum Gasteiger partial charge on any atom is 0.469 e. The van der Waals surface area contributed by atoms with Crippen LogP contribution in [0, 0.1) is 0 Å². The standard InChI is InChI=1S/C27H57O5PS/c1-4-6-8-10-11-12-13-14-15-16-18-20-25-34-27(22-19-17-9-7-5-2)26(3)31-23-21-24-32-33(28,29)30/h26-27H,4-25H2,1-3H3,(H2,28,29,30). The summed E-state index contributed by atoms with van der Waals surface area (Å²) >= 11 is 2.06. The van der Waals surface area contributed by atoms with E-state index in [2.05, 4.69) is 37.1 Å². The summed E-state index contributed by atoms with van der Waals surface area (Å²) in [4.78, 5) is 17.5. The summed E-state index contributed by atoms with van der Waals surface area (Å²) in [7, 11) is -4.37. The van der Waals surface area contributed by atoms with Crippen molar-refractivity contribution in [1.29, 1.82) is 0 Å². The Hall–Kier alpha value is 0.420. The zero-order chi connectivity index (χ0) is 25.3. The summed E-state index contributed by atoms with van der Waals surface area (Å²) in [6.45, 7) is 7.19. The second-order valence-corrected chi connectivity index (χ2v) is 12.3. The van der Waals surface area contributed by atoms with E-state index in [0.717, 1.165) is 0 Å². The van der Waals surface area contributed by atoms with Crippen molar-refractivity contribution < 1.29 is 23.6 Å². The van der Waals surface area contributed by atoms with Crippen LogP contribution in [-0.4, -0.2) is 40.1 Å². The van der Waals surface area contributed by atoms with Gasteiger partial charge in [-0.25, -0.2) is 4.57 Å². The fourth-order valence-corrected chi connectivity index (χ4v) is 5.92. The lowest BCUT2D eigenvalue weighted by molar-refractivity contribution is 0.0521. The van der Waals surface area contributed by atoms with E-state index >= 15 is 0 Å². The minimum Gasteiger partial charge on any atom is -0.377 e. The third-order valence-corrected chi connectivity index (χ3v) is 8.46. The van der Waals surface area contributed by atoms with Gasteiger partial charge in [0.25, 0.3) is 0 Å². The van der Waals surface area contributed by atoms with E-state index in [1.807, 2.05) is 0 Å². The van der Waals surface area contributed by atoms with Crippen molar-refractivity contribution in [1.82, 2.24) is 0 Å². The Bertz CT molecular complexity index is 460. The monoisotopic (exact) mass is 524 g/mol. The molecule has 0 saturated carbocycles. The van der Waals surface area contributed by atoms with Gasteiger partial charge in [0.15, 0.2) is 0 Å². The Morgan fingerprint density at radius 1 is 0.676 bits per heavy atom. The highest BCUT2D eigenvalue weighted by Crippen LogP contribution is 2.35. The Morgan fingerprint density at radius 3 is 1.65 bits per heavy atom. The van der Waals surface area contributed by atoms with Gasteiger partial charge in [0.05, 0.1) is 12.7 Å². The fourth-order valence-electron chi connectivity index (χ4n) is 4.20. The molecule has 0 aliphatic heterocycles. The van der Waals surface area contributed by atoms with Gasteiger partial charge in [0.1, 0.15) is 0 Å².